The fourth-order valence-electron chi connectivity index (χ4n) is 7.86. The second kappa shape index (κ2) is 12.0. The molecule has 0 aliphatic carbocycles. The van der Waals surface area contributed by atoms with Crippen LogP contribution in [0, 0.1) is 11.3 Å². The summed E-state index contributed by atoms with van der Waals surface area (Å²) in [6, 6.07) is 66.0. The highest BCUT2D eigenvalue weighted by molar-refractivity contribution is 6.15. The Bertz CT molecular complexity index is 2940. The molecule has 0 saturated heterocycles. The molecule has 52 heavy (non-hydrogen) atoms. The zero-order chi connectivity index (χ0) is 34.6. The number of aromatic nitrogens is 1. The van der Waals surface area contributed by atoms with Crippen LogP contribution in [0.15, 0.2) is 186 Å². The summed E-state index contributed by atoms with van der Waals surface area (Å²) in [5.74, 6) is 0. The molecule has 2 aromatic heterocycles. The van der Waals surface area contributed by atoms with Crippen LogP contribution in [0.2, 0.25) is 0 Å². The van der Waals surface area contributed by atoms with Crippen molar-refractivity contribution in [2.24, 2.45) is 0 Å². The number of hydrogen-bond donors (Lipinski definition) is 0. The average Bonchev–Trinajstić information content (AvgIpc) is 3.76. The molecular formula is C49H30N2O. The minimum Gasteiger partial charge on any atom is -0.456 e. The number of nitrogens with zero attached hydrogens (tertiary/aromatic N) is 2. The summed E-state index contributed by atoms with van der Waals surface area (Å²) in [7, 11) is 0. The molecule has 3 nitrogen and oxygen atoms in total. The summed E-state index contributed by atoms with van der Waals surface area (Å²) in [5.41, 5.74) is 14.0. The van der Waals surface area contributed by atoms with E-state index >= 15 is 0 Å². The Labute approximate surface area is 300 Å². The fourth-order valence-corrected chi connectivity index (χ4v) is 7.86. The topological polar surface area (TPSA) is 41.9 Å². The van der Waals surface area contributed by atoms with Gasteiger partial charge in [-0.2, -0.15) is 5.26 Å². The highest BCUT2D eigenvalue weighted by Gasteiger charge is 2.20. The minimum absolute atomic E-state index is 0.662. The monoisotopic (exact) mass is 662 g/mol. The van der Waals surface area contributed by atoms with Crippen molar-refractivity contribution < 1.29 is 4.42 Å². The molecule has 0 amide bonds. The van der Waals surface area contributed by atoms with Crippen molar-refractivity contribution in [3.05, 3.63) is 188 Å². The van der Waals surface area contributed by atoms with Gasteiger partial charge in [-0.05, 0) is 88.0 Å². The normalized spacial score (nSPS) is 11.4. The first-order chi connectivity index (χ1) is 25.7. The Hall–Kier alpha value is -7.15. The van der Waals surface area contributed by atoms with Gasteiger partial charge in [0, 0.05) is 38.4 Å². The summed E-state index contributed by atoms with van der Waals surface area (Å²) < 4.78 is 8.90. The Morgan fingerprint density at radius 2 is 1.04 bits per heavy atom. The molecule has 2 heterocycles. The second-order valence-corrected chi connectivity index (χ2v) is 13.2. The number of hydrogen-bond acceptors (Lipinski definition) is 2. The minimum atomic E-state index is 0.662. The molecule has 242 valence electrons. The molecule has 0 unspecified atom stereocenters. The Morgan fingerprint density at radius 3 is 1.73 bits per heavy atom. The summed E-state index contributed by atoms with van der Waals surface area (Å²) in [6.45, 7) is 0. The van der Waals surface area contributed by atoms with Gasteiger partial charge in [0.2, 0.25) is 0 Å². The summed E-state index contributed by atoms with van der Waals surface area (Å²) >= 11 is 0. The maximum absolute atomic E-state index is 10.5. The van der Waals surface area contributed by atoms with Crippen LogP contribution in [-0.2, 0) is 0 Å². The van der Waals surface area contributed by atoms with Crippen molar-refractivity contribution in [3.8, 4) is 56.3 Å². The SMILES string of the molecule is N#Cc1c(-c2ccccc2)cc(-c2cccc3oc4ccc(-n5c6ccccc6c6cc(-c7ccccc7)ccc65)cc4c23)cc1-c1ccccc1. The number of benzene rings is 8. The first kappa shape index (κ1) is 29.7. The summed E-state index contributed by atoms with van der Waals surface area (Å²) in [5, 5.41) is 15.1. The number of rotatable bonds is 5. The molecule has 10 aromatic rings. The Morgan fingerprint density at radius 1 is 0.404 bits per heavy atom. The number of furan rings is 1. The van der Waals surface area contributed by atoms with Gasteiger partial charge in [-0.15, -0.1) is 0 Å². The third kappa shape index (κ3) is 4.74. The van der Waals surface area contributed by atoms with Gasteiger partial charge in [-0.3, -0.25) is 0 Å². The molecule has 0 spiro atoms. The van der Waals surface area contributed by atoms with E-state index in [1.54, 1.807) is 0 Å². The Kier molecular flexibility index (Phi) is 6.87. The fraction of sp³-hybridized carbons (Fsp3) is 0. The largest absolute Gasteiger partial charge is 0.456 e. The first-order valence-electron chi connectivity index (χ1n) is 17.5. The van der Waals surface area contributed by atoms with Gasteiger partial charge in [0.1, 0.15) is 17.2 Å². The Balaban J connectivity index is 1.21. The number of nitriles is 1. The van der Waals surface area contributed by atoms with E-state index < -0.39 is 0 Å². The van der Waals surface area contributed by atoms with E-state index in [1.807, 2.05) is 42.5 Å². The lowest BCUT2D eigenvalue weighted by Gasteiger charge is -2.15. The highest BCUT2D eigenvalue weighted by Crippen LogP contribution is 2.43. The highest BCUT2D eigenvalue weighted by atomic mass is 16.3. The lowest BCUT2D eigenvalue weighted by Crippen LogP contribution is -1.94. The smallest absolute Gasteiger partial charge is 0.136 e. The van der Waals surface area contributed by atoms with Crippen LogP contribution < -0.4 is 0 Å². The van der Waals surface area contributed by atoms with Crippen molar-refractivity contribution in [2.75, 3.05) is 0 Å². The van der Waals surface area contributed by atoms with Crippen molar-refractivity contribution in [2.45, 2.75) is 0 Å². The third-order valence-corrected chi connectivity index (χ3v) is 10.2. The molecule has 0 aliphatic heterocycles. The lowest BCUT2D eigenvalue weighted by molar-refractivity contribution is 0.669. The predicted octanol–water partition coefficient (Wildman–Crippen LogP) is 13.2. The van der Waals surface area contributed by atoms with Crippen molar-refractivity contribution in [1.82, 2.24) is 4.57 Å². The zero-order valence-electron chi connectivity index (χ0n) is 28.1. The number of fused-ring (bicyclic) bond motifs is 6. The lowest BCUT2D eigenvalue weighted by atomic mass is 9.87. The van der Waals surface area contributed by atoms with Gasteiger partial charge in [0.15, 0.2) is 0 Å². The molecular weight excluding hydrogens is 633 g/mol. The van der Waals surface area contributed by atoms with Crippen LogP contribution >= 0.6 is 0 Å². The van der Waals surface area contributed by atoms with Crippen LogP contribution in [0.25, 0.3) is 93.9 Å². The second-order valence-electron chi connectivity index (χ2n) is 13.2. The summed E-state index contributed by atoms with van der Waals surface area (Å²) in [6.07, 6.45) is 0. The molecule has 10 rings (SSSR count). The van der Waals surface area contributed by atoms with Crippen LogP contribution in [-0.4, -0.2) is 4.57 Å². The van der Waals surface area contributed by atoms with E-state index in [0.29, 0.717) is 5.56 Å². The molecule has 8 aromatic carbocycles. The first-order valence-corrected chi connectivity index (χ1v) is 17.5. The van der Waals surface area contributed by atoms with E-state index in [-0.39, 0.29) is 0 Å². The van der Waals surface area contributed by atoms with E-state index in [9.17, 15) is 5.26 Å². The van der Waals surface area contributed by atoms with Crippen LogP contribution in [0.4, 0.5) is 0 Å². The molecule has 0 aliphatic rings. The molecule has 0 fully saturated rings. The standard InChI is InChI=1S/C49H30N2O/c50-31-44-40(33-15-6-2-7-16-33)28-36(29-41(44)34-17-8-3-9-18-34)38-20-12-22-48-49(38)43-30-37(24-26-47(43)52-48)51-45-21-11-10-19-39(45)42-27-35(23-25-46(42)51)32-13-4-1-5-14-32/h1-30H. The molecule has 0 N–H and O–H groups in total. The van der Waals surface area contributed by atoms with E-state index in [0.717, 1.165) is 72.0 Å². The van der Waals surface area contributed by atoms with Crippen molar-refractivity contribution >= 4 is 43.7 Å². The van der Waals surface area contributed by atoms with Gasteiger partial charge >= 0.3 is 0 Å². The maximum Gasteiger partial charge on any atom is 0.136 e. The molecule has 0 bridgehead atoms. The van der Waals surface area contributed by atoms with Crippen molar-refractivity contribution in [1.29, 1.82) is 5.26 Å². The van der Waals surface area contributed by atoms with Crippen LogP contribution in [0.5, 0.6) is 0 Å². The third-order valence-electron chi connectivity index (χ3n) is 10.2. The van der Waals surface area contributed by atoms with Crippen molar-refractivity contribution in [3.63, 3.8) is 0 Å². The van der Waals surface area contributed by atoms with Gasteiger partial charge < -0.3 is 8.98 Å². The predicted molar refractivity (Wildman–Crippen MR) is 215 cm³/mol. The summed E-state index contributed by atoms with van der Waals surface area (Å²) in [4.78, 5) is 0. The molecule has 0 radical (unpaired) electrons. The average molecular weight is 663 g/mol. The van der Waals surface area contributed by atoms with E-state index in [1.165, 1.54) is 21.9 Å². The van der Waals surface area contributed by atoms with E-state index in [4.69, 9.17) is 4.42 Å². The van der Waals surface area contributed by atoms with Gasteiger partial charge in [-0.25, -0.2) is 0 Å². The maximum atomic E-state index is 10.5. The van der Waals surface area contributed by atoms with Gasteiger partial charge in [0.25, 0.3) is 0 Å². The van der Waals surface area contributed by atoms with E-state index in [2.05, 4.69) is 150 Å². The van der Waals surface area contributed by atoms with Crippen LogP contribution in [0.1, 0.15) is 5.56 Å². The van der Waals surface area contributed by atoms with Gasteiger partial charge in [0.05, 0.1) is 16.6 Å². The zero-order valence-corrected chi connectivity index (χ0v) is 28.1. The molecule has 0 atom stereocenters. The van der Waals surface area contributed by atoms with Gasteiger partial charge in [-0.1, -0.05) is 127 Å². The number of para-hydroxylation sites is 1. The quantitative estimate of drug-likeness (QED) is 0.184. The van der Waals surface area contributed by atoms with Crippen LogP contribution in [0.3, 0.4) is 0 Å². The molecule has 3 heteroatoms. The molecule has 0 saturated carbocycles.